The topological polar surface area (TPSA) is 74.5 Å². The van der Waals surface area contributed by atoms with Crippen molar-refractivity contribution >= 4 is 5.69 Å². The van der Waals surface area contributed by atoms with Crippen molar-refractivity contribution in [1.82, 2.24) is 4.98 Å². The van der Waals surface area contributed by atoms with Gasteiger partial charge in [-0.25, -0.2) is 13.8 Å². The maximum atomic E-state index is 12.7. The Morgan fingerprint density at radius 1 is 1.42 bits per heavy atom. The first-order valence-electron chi connectivity index (χ1n) is 4.42. The Hall–Kier alpha value is -2.20. The molecule has 19 heavy (non-hydrogen) atoms. The lowest BCUT2D eigenvalue weighted by Crippen LogP contribution is -2.19. The normalized spacial score (nSPS) is 11.5. The molecular formula is C8H5F5N2O4. The monoisotopic (exact) mass is 288 g/mol. The average molecular weight is 288 g/mol. The van der Waals surface area contributed by atoms with Crippen LogP contribution in [0.5, 0.6) is 11.6 Å². The molecule has 0 radical (unpaired) electrons. The first-order chi connectivity index (χ1) is 8.67. The Morgan fingerprint density at radius 3 is 2.37 bits per heavy atom. The molecule has 0 aliphatic heterocycles. The van der Waals surface area contributed by atoms with Gasteiger partial charge in [-0.3, -0.25) is 10.1 Å². The Bertz CT molecular complexity index is 491. The summed E-state index contributed by atoms with van der Waals surface area (Å²) in [4.78, 5) is 12.4. The van der Waals surface area contributed by atoms with Gasteiger partial charge < -0.3 is 9.47 Å². The second kappa shape index (κ2) is 5.20. The minimum absolute atomic E-state index is 0.279. The molecule has 11 heteroatoms. The molecule has 0 aliphatic rings. The summed E-state index contributed by atoms with van der Waals surface area (Å²) in [5.41, 5.74) is -2.92. The van der Waals surface area contributed by atoms with Gasteiger partial charge in [0.15, 0.2) is 5.75 Å². The second-order valence-corrected chi connectivity index (χ2v) is 3.00. The van der Waals surface area contributed by atoms with E-state index in [-0.39, 0.29) is 6.20 Å². The highest BCUT2D eigenvalue weighted by atomic mass is 19.4. The minimum Gasteiger partial charge on any atom is -0.476 e. The van der Waals surface area contributed by atoms with Gasteiger partial charge in [0.05, 0.1) is 18.2 Å². The van der Waals surface area contributed by atoms with E-state index >= 15 is 0 Å². The molecule has 1 aromatic heterocycles. The summed E-state index contributed by atoms with van der Waals surface area (Å²) >= 11 is 0. The van der Waals surface area contributed by atoms with Crippen molar-refractivity contribution in [3.8, 4) is 11.6 Å². The fraction of sp³-hybridized carbons (Fsp3) is 0.375. The minimum atomic E-state index is -5.28. The third-order valence-electron chi connectivity index (χ3n) is 1.84. The van der Waals surface area contributed by atoms with Gasteiger partial charge in [0.25, 0.3) is 12.3 Å². The lowest BCUT2D eigenvalue weighted by atomic mass is 10.2. The Kier molecular flexibility index (Phi) is 4.07. The van der Waals surface area contributed by atoms with Crippen molar-refractivity contribution in [2.45, 2.75) is 12.8 Å². The summed E-state index contributed by atoms with van der Waals surface area (Å²) in [6, 6.07) is 0. The number of alkyl halides is 5. The van der Waals surface area contributed by atoms with Crippen LogP contribution in [-0.4, -0.2) is 23.4 Å². The fourth-order valence-electron chi connectivity index (χ4n) is 1.22. The van der Waals surface area contributed by atoms with E-state index in [9.17, 15) is 32.1 Å². The molecule has 0 atom stereocenters. The molecule has 0 saturated heterocycles. The molecule has 106 valence electrons. The first-order valence-corrected chi connectivity index (χ1v) is 4.42. The van der Waals surface area contributed by atoms with Crippen LogP contribution in [0.3, 0.4) is 0 Å². The molecule has 0 saturated carbocycles. The van der Waals surface area contributed by atoms with Crippen LogP contribution in [0.4, 0.5) is 27.6 Å². The van der Waals surface area contributed by atoms with Gasteiger partial charge in [-0.05, 0) is 0 Å². The number of hydrogen-bond acceptors (Lipinski definition) is 5. The molecule has 1 aromatic rings. The molecule has 0 aliphatic carbocycles. The van der Waals surface area contributed by atoms with Crippen LogP contribution < -0.4 is 9.47 Å². The van der Waals surface area contributed by atoms with Gasteiger partial charge in [0.2, 0.25) is 0 Å². The van der Waals surface area contributed by atoms with Crippen LogP contribution in [0, 0.1) is 10.1 Å². The fourth-order valence-corrected chi connectivity index (χ4v) is 1.22. The number of methoxy groups -OCH3 is 1. The number of aromatic nitrogens is 1. The molecule has 0 bridgehead atoms. The molecule has 0 aromatic carbocycles. The van der Waals surface area contributed by atoms with E-state index in [1.807, 2.05) is 0 Å². The summed E-state index contributed by atoms with van der Waals surface area (Å²) in [6.07, 6.45) is -8.58. The van der Waals surface area contributed by atoms with Gasteiger partial charge in [0.1, 0.15) is 5.56 Å². The van der Waals surface area contributed by atoms with E-state index in [2.05, 4.69) is 14.5 Å². The van der Waals surface area contributed by atoms with Crippen molar-refractivity contribution in [3.63, 3.8) is 0 Å². The Morgan fingerprint density at radius 2 is 2.00 bits per heavy atom. The van der Waals surface area contributed by atoms with Crippen molar-refractivity contribution in [2.75, 3.05) is 7.11 Å². The SMILES string of the molecule is COc1ncc(OC(F)(F)F)c(C(F)F)c1[N+](=O)[O-]. The van der Waals surface area contributed by atoms with E-state index < -0.39 is 40.6 Å². The summed E-state index contributed by atoms with van der Waals surface area (Å²) in [7, 11) is 0.898. The predicted octanol–water partition coefficient (Wildman–Crippen LogP) is 2.83. The molecule has 1 heterocycles. The second-order valence-electron chi connectivity index (χ2n) is 3.00. The van der Waals surface area contributed by atoms with Gasteiger partial charge in [0, 0.05) is 0 Å². The third-order valence-corrected chi connectivity index (χ3v) is 1.84. The van der Waals surface area contributed by atoms with Crippen molar-refractivity contribution < 1.29 is 36.3 Å². The highest BCUT2D eigenvalue weighted by Crippen LogP contribution is 2.42. The van der Waals surface area contributed by atoms with Gasteiger partial charge >= 0.3 is 12.0 Å². The zero-order valence-electron chi connectivity index (χ0n) is 9.07. The first kappa shape index (κ1) is 14.9. The van der Waals surface area contributed by atoms with Crippen molar-refractivity contribution in [3.05, 3.63) is 21.9 Å². The van der Waals surface area contributed by atoms with Crippen LogP contribution in [0.25, 0.3) is 0 Å². The molecule has 0 amide bonds. The van der Waals surface area contributed by atoms with E-state index in [1.165, 1.54) is 0 Å². The zero-order valence-corrected chi connectivity index (χ0v) is 9.07. The number of nitrogens with zero attached hydrogens (tertiary/aromatic N) is 2. The molecule has 1 rings (SSSR count). The highest BCUT2D eigenvalue weighted by molar-refractivity contribution is 5.55. The van der Waals surface area contributed by atoms with Crippen LogP contribution in [0.2, 0.25) is 0 Å². The largest absolute Gasteiger partial charge is 0.573 e. The van der Waals surface area contributed by atoms with Crippen molar-refractivity contribution in [1.29, 1.82) is 0 Å². The van der Waals surface area contributed by atoms with Crippen LogP contribution in [-0.2, 0) is 0 Å². The maximum Gasteiger partial charge on any atom is 0.573 e. The quantitative estimate of drug-likeness (QED) is 0.484. The molecule has 0 N–H and O–H groups in total. The third kappa shape index (κ3) is 3.39. The van der Waals surface area contributed by atoms with Crippen LogP contribution in [0.1, 0.15) is 12.0 Å². The standard InChI is InChI=1S/C8H5F5N2O4/c1-18-7-5(15(16)17)4(6(9)10)3(2-14-7)19-8(11,12)13/h2,6H,1H3. The van der Waals surface area contributed by atoms with Gasteiger partial charge in [-0.1, -0.05) is 0 Å². The van der Waals surface area contributed by atoms with Crippen molar-refractivity contribution in [2.24, 2.45) is 0 Å². The van der Waals surface area contributed by atoms with Gasteiger partial charge in [-0.15, -0.1) is 13.2 Å². The molecule has 0 spiro atoms. The lowest BCUT2D eigenvalue weighted by Gasteiger charge is -2.13. The molecule has 0 fully saturated rings. The van der Waals surface area contributed by atoms with E-state index in [1.54, 1.807) is 0 Å². The van der Waals surface area contributed by atoms with E-state index in [0.717, 1.165) is 7.11 Å². The lowest BCUT2D eigenvalue weighted by molar-refractivity contribution is -0.387. The smallest absolute Gasteiger partial charge is 0.476 e. The zero-order chi connectivity index (χ0) is 14.8. The average Bonchev–Trinajstić information content (AvgIpc) is 2.25. The number of hydrogen-bond donors (Lipinski definition) is 0. The van der Waals surface area contributed by atoms with Crippen LogP contribution in [0.15, 0.2) is 6.20 Å². The number of nitro groups is 1. The molecular weight excluding hydrogens is 283 g/mol. The molecule has 0 unspecified atom stereocenters. The maximum absolute atomic E-state index is 12.7. The van der Waals surface area contributed by atoms with E-state index in [4.69, 9.17) is 0 Å². The number of ether oxygens (including phenoxy) is 2. The number of rotatable bonds is 4. The predicted molar refractivity (Wildman–Crippen MR) is 49.1 cm³/mol. The highest BCUT2D eigenvalue weighted by Gasteiger charge is 2.38. The summed E-state index contributed by atoms with van der Waals surface area (Å²) in [6.45, 7) is 0. The summed E-state index contributed by atoms with van der Waals surface area (Å²) < 4.78 is 69.1. The van der Waals surface area contributed by atoms with Gasteiger partial charge in [-0.2, -0.15) is 0 Å². The summed E-state index contributed by atoms with van der Waals surface area (Å²) in [5.74, 6) is -2.29. The Labute approximate surface area is 101 Å². The Balaban J connectivity index is 3.49. The van der Waals surface area contributed by atoms with Crippen LogP contribution >= 0.6 is 0 Å². The molecule has 6 nitrogen and oxygen atoms in total. The number of halogens is 5. The number of pyridine rings is 1. The summed E-state index contributed by atoms with van der Waals surface area (Å²) in [5, 5.41) is 10.6. The van der Waals surface area contributed by atoms with E-state index in [0.29, 0.717) is 0 Å².